The van der Waals surface area contributed by atoms with E-state index < -0.39 is 5.97 Å². The van der Waals surface area contributed by atoms with Gasteiger partial charge in [0, 0.05) is 24.9 Å². The number of pyridine rings is 1. The normalized spacial score (nSPS) is 13.6. The van der Waals surface area contributed by atoms with Crippen molar-refractivity contribution in [3.63, 3.8) is 0 Å². The van der Waals surface area contributed by atoms with E-state index in [1.165, 1.54) is 6.08 Å². The van der Waals surface area contributed by atoms with Crippen molar-refractivity contribution in [3.8, 4) is 11.5 Å². The Labute approximate surface area is 171 Å². The minimum absolute atomic E-state index is 0.0599. The molecular formula is C20H16Cl2N2O4. The first-order valence-electron chi connectivity index (χ1n) is 8.65. The lowest BCUT2D eigenvalue weighted by molar-refractivity contribution is -0.139. The number of fused-ring (bicyclic) bond motifs is 2. The lowest BCUT2D eigenvalue weighted by Gasteiger charge is -2.09. The van der Waals surface area contributed by atoms with E-state index in [9.17, 15) is 4.79 Å². The molecule has 0 amide bonds. The summed E-state index contributed by atoms with van der Waals surface area (Å²) in [5.41, 5.74) is 2.07. The number of ether oxygens (including phenoxy) is 3. The van der Waals surface area contributed by atoms with Gasteiger partial charge in [-0.1, -0.05) is 23.2 Å². The lowest BCUT2D eigenvalue weighted by Crippen LogP contribution is -2.01. The largest absolute Gasteiger partial charge is 0.489 e. The second kappa shape index (κ2) is 8.12. The van der Waals surface area contributed by atoms with Gasteiger partial charge in [0.05, 0.1) is 29.0 Å². The number of carbonyl (C=O) groups is 1. The SMILES string of the molecule is O=C(/C=C/c1cc(Cl)c2c(c1)OCCCO2)OCc1cn2cc(Cl)ccc2n1. The van der Waals surface area contributed by atoms with E-state index in [2.05, 4.69) is 4.98 Å². The first-order valence-corrected chi connectivity index (χ1v) is 9.41. The van der Waals surface area contributed by atoms with Gasteiger partial charge >= 0.3 is 5.97 Å². The van der Waals surface area contributed by atoms with E-state index >= 15 is 0 Å². The Bertz CT molecular complexity index is 1060. The van der Waals surface area contributed by atoms with Gasteiger partial charge in [0.2, 0.25) is 0 Å². The summed E-state index contributed by atoms with van der Waals surface area (Å²) in [6.45, 7) is 1.18. The summed E-state index contributed by atoms with van der Waals surface area (Å²) < 4.78 is 18.3. The van der Waals surface area contributed by atoms with Gasteiger partial charge in [0.1, 0.15) is 12.3 Å². The zero-order valence-electron chi connectivity index (χ0n) is 14.7. The molecule has 0 N–H and O–H groups in total. The lowest BCUT2D eigenvalue weighted by atomic mass is 10.2. The molecule has 0 aliphatic carbocycles. The maximum absolute atomic E-state index is 12.0. The highest BCUT2D eigenvalue weighted by atomic mass is 35.5. The Morgan fingerprint density at radius 2 is 2.07 bits per heavy atom. The molecule has 3 heterocycles. The number of imidazole rings is 1. The molecule has 0 saturated heterocycles. The molecule has 8 heteroatoms. The standard InChI is InChI=1S/C20H16Cl2N2O4/c21-14-3-4-18-23-15(11-24(18)10-14)12-28-19(25)5-2-13-8-16(22)20-17(9-13)26-6-1-7-27-20/h2-5,8-11H,1,6-7,12H2/b5-2+. The molecule has 0 bridgehead atoms. The molecular weight excluding hydrogens is 403 g/mol. The number of hydrogen-bond donors (Lipinski definition) is 0. The summed E-state index contributed by atoms with van der Waals surface area (Å²) >= 11 is 12.2. The first kappa shape index (κ1) is 18.7. The van der Waals surface area contributed by atoms with Gasteiger partial charge in [-0.3, -0.25) is 0 Å². The molecule has 2 aromatic heterocycles. The number of esters is 1. The highest BCUT2D eigenvalue weighted by Crippen LogP contribution is 2.38. The second-order valence-electron chi connectivity index (χ2n) is 6.17. The van der Waals surface area contributed by atoms with Crippen molar-refractivity contribution >= 4 is 40.9 Å². The van der Waals surface area contributed by atoms with Gasteiger partial charge < -0.3 is 18.6 Å². The summed E-state index contributed by atoms with van der Waals surface area (Å²) in [6, 6.07) is 7.04. The molecule has 4 rings (SSSR count). The summed E-state index contributed by atoms with van der Waals surface area (Å²) in [5, 5.41) is 1.04. The quantitative estimate of drug-likeness (QED) is 0.459. The van der Waals surface area contributed by atoms with E-state index in [-0.39, 0.29) is 6.61 Å². The van der Waals surface area contributed by atoms with Crippen LogP contribution >= 0.6 is 23.2 Å². The molecule has 0 saturated carbocycles. The van der Waals surface area contributed by atoms with Gasteiger partial charge in [-0.15, -0.1) is 0 Å². The van der Waals surface area contributed by atoms with Crippen LogP contribution in [0.15, 0.2) is 42.7 Å². The Morgan fingerprint density at radius 1 is 1.21 bits per heavy atom. The third-order valence-corrected chi connectivity index (χ3v) is 4.57. The first-order chi connectivity index (χ1) is 13.6. The molecule has 0 fully saturated rings. The Morgan fingerprint density at radius 3 is 2.96 bits per heavy atom. The van der Waals surface area contributed by atoms with Crippen molar-refractivity contribution in [2.45, 2.75) is 13.0 Å². The Kier molecular flexibility index (Phi) is 5.41. The minimum atomic E-state index is -0.488. The maximum Gasteiger partial charge on any atom is 0.331 e. The molecule has 1 aliphatic rings. The monoisotopic (exact) mass is 418 g/mol. The highest BCUT2D eigenvalue weighted by Gasteiger charge is 2.15. The van der Waals surface area contributed by atoms with E-state index in [0.29, 0.717) is 46.0 Å². The van der Waals surface area contributed by atoms with Crippen LogP contribution in [0.4, 0.5) is 0 Å². The number of carbonyl (C=O) groups excluding carboxylic acids is 1. The minimum Gasteiger partial charge on any atom is -0.489 e. The summed E-state index contributed by atoms with van der Waals surface area (Å²) in [6.07, 6.45) is 7.25. The van der Waals surface area contributed by atoms with E-state index in [1.54, 1.807) is 47.1 Å². The molecule has 3 aromatic rings. The van der Waals surface area contributed by atoms with Crippen LogP contribution < -0.4 is 9.47 Å². The van der Waals surface area contributed by atoms with Crippen molar-refractivity contribution in [1.29, 1.82) is 0 Å². The summed E-state index contributed by atoms with van der Waals surface area (Å²) in [4.78, 5) is 16.4. The molecule has 0 unspecified atom stereocenters. The average Bonchev–Trinajstić information content (AvgIpc) is 2.91. The van der Waals surface area contributed by atoms with Crippen LogP contribution in [0.3, 0.4) is 0 Å². The predicted molar refractivity (Wildman–Crippen MR) is 106 cm³/mol. The zero-order chi connectivity index (χ0) is 19.5. The van der Waals surface area contributed by atoms with Crippen molar-refractivity contribution in [1.82, 2.24) is 9.38 Å². The van der Waals surface area contributed by atoms with Gasteiger partial charge in [-0.25, -0.2) is 9.78 Å². The van der Waals surface area contributed by atoms with Crippen molar-refractivity contribution in [2.24, 2.45) is 0 Å². The van der Waals surface area contributed by atoms with Crippen LogP contribution in [0.5, 0.6) is 11.5 Å². The predicted octanol–water partition coefficient (Wildman–Crippen LogP) is 4.56. The fraction of sp³-hybridized carbons (Fsp3) is 0.200. The number of nitrogens with zero attached hydrogens (tertiary/aromatic N) is 2. The molecule has 6 nitrogen and oxygen atoms in total. The third kappa shape index (κ3) is 4.24. The van der Waals surface area contributed by atoms with Gasteiger partial charge in [-0.05, 0) is 35.9 Å². The third-order valence-electron chi connectivity index (χ3n) is 4.06. The van der Waals surface area contributed by atoms with Crippen molar-refractivity contribution in [3.05, 3.63) is 64.0 Å². The van der Waals surface area contributed by atoms with E-state index in [4.69, 9.17) is 37.4 Å². The Balaban J connectivity index is 1.41. The van der Waals surface area contributed by atoms with E-state index in [0.717, 1.165) is 12.1 Å². The fourth-order valence-electron chi connectivity index (χ4n) is 2.79. The molecule has 28 heavy (non-hydrogen) atoms. The van der Waals surface area contributed by atoms with Crippen LogP contribution in [-0.4, -0.2) is 28.6 Å². The van der Waals surface area contributed by atoms with Gasteiger partial charge in [0.15, 0.2) is 11.5 Å². The van der Waals surface area contributed by atoms with Crippen molar-refractivity contribution in [2.75, 3.05) is 13.2 Å². The molecule has 1 aromatic carbocycles. The maximum atomic E-state index is 12.0. The molecule has 0 radical (unpaired) electrons. The van der Waals surface area contributed by atoms with Crippen molar-refractivity contribution < 1.29 is 19.0 Å². The summed E-state index contributed by atoms with van der Waals surface area (Å²) in [5.74, 6) is 0.616. The topological polar surface area (TPSA) is 62.1 Å². The smallest absolute Gasteiger partial charge is 0.331 e. The second-order valence-corrected chi connectivity index (χ2v) is 7.01. The van der Waals surface area contributed by atoms with E-state index in [1.807, 2.05) is 0 Å². The molecule has 144 valence electrons. The van der Waals surface area contributed by atoms with Crippen LogP contribution in [0.1, 0.15) is 17.7 Å². The summed E-state index contributed by atoms with van der Waals surface area (Å²) in [7, 11) is 0. The zero-order valence-corrected chi connectivity index (χ0v) is 16.2. The van der Waals surface area contributed by atoms with Crippen LogP contribution in [0.2, 0.25) is 10.0 Å². The number of aromatic nitrogens is 2. The molecule has 1 aliphatic heterocycles. The molecule has 0 spiro atoms. The highest BCUT2D eigenvalue weighted by molar-refractivity contribution is 6.32. The fourth-order valence-corrected chi connectivity index (χ4v) is 3.23. The number of halogens is 2. The Hall–Kier alpha value is -2.70. The van der Waals surface area contributed by atoms with Gasteiger partial charge in [-0.2, -0.15) is 0 Å². The number of benzene rings is 1. The van der Waals surface area contributed by atoms with Crippen LogP contribution in [-0.2, 0) is 16.1 Å². The van der Waals surface area contributed by atoms with Crippen LogP contribution in [0.25, 0.3) is 11.7 Å². The van der Waals surface area contributed by atoms with Crippen LogP contribution in [0, 0.1) is 0 Å². The number of hydrogen-bond acceptors (Lipinski definition) is 5. The molecule has 0 atom stereocenters. The van der Waals surface area contributed by atoms with Gasteiger partial charge in [0.25, 0.3) is 0 Å². The average molecular weight is 419 g/mol. The number of rotatable bonds is 4.